The molecule has 1 unspecified atom stereocenters. The van der Waals surface area contributed by atoms with Gasteiger partial charge in [0.25, 0.3) is 5.91 Å². The largest absolute Gasteiger partial charge is 0.494 e. The van der Waals surface area contributed by atoms with Crippen molar-refractivity contribution in [2.24, 2.45) is 0 Å². The molecule has 0 spiro atoms. The van der Waals surface area contributed by atoms with Crippen LogP contribution in [0, 0.1) is 13.8 Å². The van der Waals surface area contributed by atoms with Gasteiger partial charge in [-0.1, -0.05) is 19.1 Å². The molecule has 6 nitrogen and oxygen atoms in total. The Morgan fingerprint density at radius 2 is 1.85 bits per heavy atom. The van der Waals surface area contributed by atoms with Gasteiger partial charge < -0.3 is 19.0 Å². The van der Waals surface area contributed by atoms with Crippen LogP contribution in [0.1, 0.15) is 58.6 Å². The van der Waals surface area contributed by atoms with Crippen molar-refractivity contribution in [2.75, 3.05) is 33.8 Å². The van der Waals surface area contributed by atoms with Crippen molar-refractivity contribution in [3.63, 3.8) is 0 Å². The summed E-state index contributed by atoms with van der Waals surface area (Å²) in [5.74, 6) is 0.663. The number of hydrogen-bond acceptors (Lipinski definition) is 5. The Hall–Kier alpha value is -3.12. The highest BCUT2D eigenvalue weighted by atomic mass is 16.5. The molecule has 1 amide bonds. The number of carbonyl (C=O) groups is 1. The predicted octanol–water partition coefficient (Wildman–Crippen LogP) is 4.70. The highest BCUT2D eigenvalue weighted by molar-refractivity contribution is 5.99. The van der Waals surface area contributed by atoms with Crippen LogP contribution >= 0.6 is 0 Å². The second kappa shape index (κ2) is 9.40. The van der Waals surface area contributed by atoms with Crippen molar-refractivity contribution in [1.82, 2.24) is 9.80 Å². The normalized spacial score (nSPS) is 15.5. The van der Waals surface area contributed by atoms with Crippen LogP contribution in [-0.2, 0) is 0 Å². The van der Waals surface area contributed by atoms with Crippen molar-refractivity contribution < 1.29 is 13.9 Å². The molecule has 0 N–H and O–H groups in total. The monoisotopic (exact) mass is 448 g/mol. The lowest BCUT2D eigenvalue weighted by Crippen LogP contribution is -2.32. The first-order chi connectivity index (χ1) is 15.8. The van der Waals surface area contributed by atoms with Gasteiger partial charge in [-0.2, -0.15) is 0 Å². The van der Waals surface area contributed by atoms with Gasteiger partial charge in [0.1, 0.15) is 11.3 Å². The van der Waals surface area contributed by atoms with E-state index < -0.39 is 6.04 Å². The van der Waals surface area contributed by atoms with Gasteiger partial charge in [0, 0.05) is 6.54 Å². The molecule has 0 saturated heterocycles. The molecule has 0 radical (unpaired) electrons. The number of benzene rings is 2. The molecule has 2 heterocycles. The summed E-state index contributed by atoms with van der Waals surface area (Å²) in [6.07, 6.45) is 1.70. The maximum Gasteiger partial charge on any atom is 0.290 e. The fraction of sp³-hybridized carbons (Fsp3) is 0.407. The van der Waals surface area contributed by atoms with E-state index in [2.05, 4.69) is 11.8 Å². The lowest BCUT2D eigenvalue weighted by molar-refractivity contribution is 0.0722. The fourth-order valence-corrected chi connectivity index (χ4v) is 4.40. The van der Waals surface area contributed by atoms with Gasteiger partial charge in [-0.15, -0.1) is 0 Å². The van der Waals surface area contributed by atoms with E-state index in [0.29, 0.717) is 29.7 Å². The molecule has 4 rings (SSSR count). The summed E-state index contributed by atoms with van der Waals surface area (Å²) in [6.45, 7) is 7.99. The van der Waals surface area contributed by atoms with Crippen LogP contribution in [0.2, 0.25) is 0 Å². The summed E-state index contributed by atoms with van der Waals surface area (Å²) in [6, 6.07) is 10.9. The summed E-state index contributed by atoms with van der Waals surface area (Å²) in [5.41, 5.74) is 3.65. The molecule has 0 fully saturated rings. The van der Waals surface area contributed by atoms with Gasteiger partial charge in [-0.05, 0) is 88.3 Å². The molecule has 1 aromatic heterocycles. The van der Waals surface area contributed by atoms with Crippen molar-refractivity contribution in [1.29, 1.82) is 0 Å². The molecule has 0 aliphatic carbocycles. The van der Waals surface area contributed by atoms with Gasteiger partial charge in [-0.3, -0.25) is 9.59 Å². The third-order valence-corrected chi connectivity index (χ3v) is 6.23. The maximum atomic E-state index is 13.7. The minimum absolute atomic E-state index is 0.136. The second-order valence-corrected chi connectivity index (χ2v) is 9.09. The molecule has 6 heteroatoms. The minimum atomic E-state index is -0.498. The molecule has 33 heavy (non-hydrogen) atoms. The van der Waals surface area contributed by atoms with Crippen LogP contribution in [0.4, 0.5) is 0 Å². The van der Waals surface area contributed by atoms with Crippen molar-refractivity contribution in [3.8, 4) is 5.75 Å². The zero-order chi connectivity index (χ0) is 23.7. The Kier molecular flexibility index (Phi) is 6.56. The zero-order valence-electron chi connectivity index (χ0n) is 20.1. The van der Waals surface area contributed by atoms with E-state index in [-0.39, 0.29) is 17.1 Å². The minimum Gasteiger partial charge on any atom is -0.494 e. The van der Waals surface area contributed by atoms with Crippen LogP contribution in [0.3, 0.4) is 0 Å². The number of carbonyl (C=O) groups excluding carboxylic acids is 1. The molecular formula is C27H32N2O4. The molecule has 2 aromatic carbocycles. The number of hydrogen-bond donors (Lipinski definition) is 0. The molecular weight excluding hydrogens is 416 g/mol. The predicted molar refractivity (Wildman–Crippen MR) is 130 cm³/mol. The lowest BCUT2D eigenvalue weighted by atomic mass is 9.97. The van der Waals surface area contributed by atoms with Crippen LogP contribution in [-0.4, -0.2) is 49.5 Å². The Bertz CT molecular complexity index is 1240. The first-order valence-electron chi connectivity index (χ1n) is 11.6. The van der Waals surface area contributed by atoms with Crippen LogP contribution in [0.15, 0.2) is 45.6 Å². The molecule has 0 bridgehead atoms. The van der Waals surface area contributed by atoms with Gasteiger partial charge in [0.15, 0.2) is 5.43 Å². The van der Waals surface area contributed by atoms with E-state index in [0.717, 1.165) is 41.8 Å². The van der Waals surface area contributed by atoms with Gasteiger partial charge in [-0.25, -0.2) is 0 Å². The first-order valence-corrected chi connectivity index (χ1v) is 11.6. The van der Waals surface area contributed by atoms with Crippen LogP contribution in [0.5, 0.6) is 5.75 Å². The number of aryl methyl sites for hydroxylation is 2. The number of rotatable bonds is 8. The summed E-state index contributed by atoms with van der Waals surface area (Å²) in [7, 11) is 4.02. The Morgan fingerprint density at radius 3 is 2.58 bits per heavy atom. The topological polar surface area (TPSA) is 63.0 Å². The quantitative estimate of drug-likeness (QED) is 0.500. The third kappa shape index (κ3) is 4.40. The summed E-state index contributed by atoms with van der Waals surface area (Å²) in [5, 5.41) is 0.517. The molecule has 1 atom stereocenters. The van der Waals surface area contributed by atoms with Gasteiger partial charge in [0.2, 0.25) is 5.76 Å². The molecule has 1 aliphatic rings. The zero-order valence-corrected chi connectivity index (χ0v) is 20.1. The SMILES string of the molecule is CCCOc1cccc(C2c3c(oc4cc(C)c(C)cc4c3=O)C(=O)N2CCCN(C)C)c1. The van der Waals surface area contributed by atoms with E-state index in [1.165, 1.54) is 0 Å². The highest BCUT2D eigenvalue weighted by Gasteiger charge is 2.42. The molecule has 174 valence electrons. The third-order valence-electron chi connectivity index (χ3n) is 6.23. The van der Waals surface area contributed by atoms with Crippen LogP contribution < -0.4 is 10.2 Å². The Labute approximate surface area is 194 Å². The van der Waals surface area contributed by atoms with Crippen molar-refractivity contribution in [3.05, 3.63) is 74.6 Å². The van der Waals surface area contributed by atoms with E-state index in [1.807, 2.05) is 64.3 Å². The van der Waals surface area contributed by atoms with Crippen molar-refractivity contribution in [2.45, 2.75) is 39.7 Å². The Morgan fingerprint density at radius 1 is 1.09 bits per heavy atom. The van der Waals surface area contributed by atoms with E-state index in [4.69, 9.17) is 9.15 Å². The lowest BCUT2D eigenvalue weighted by Gasteiger charge is -2.26. The standard InChI is InChI=1S/C27H32N2O4/c1-6-13-32-20-10-7-9-19(16-20)24-23-25(30)21-14-17(2)18(3)15-22(21)33-26(23)27(31)29(24)12-8-11-28(4)5/h7,9-10,14-16,24H,6,8,11-13H2,1-5H3. The first kappa shape index (κ1) is 23.1. The smallest absolute Gasteiger partial charge is 0.290 e. The maximum absolute atomic E-state index is 13.7. The van der Waals surface area contributed by atoms with Crippen molar-refractivity contribution >= 4 is 16.9 Å². The van der Waals surface area contributed by atoms with Crippen LogP contribution in [0.25, 0.3) is 11.0 Å². The average Bonchev–Trinajstić information content (AvgIpc) is 3.06. The number of amides is 1. The number of ether oxygens (including phenoxy) is 1. The fourth-order valence-electron chi connectivity index (χ4n) is 4.40. The number of nitrogens with zero attached hydrogens (tertiary/aromatic N) is 2. The Balaban J connectivity index is 1.86. The summed E-state index contributed by atoms with van der Waals surface area (Å²) >= 11 is 0. The van der Waals surface area contributed by atoms with Gasteiger partial charge >= 0.3 is 0 Å². The second-order valence-electron chi connectivity index (χ2n) is 9.09. The van der Waals surface area contributed by atoms with E-state index in [9.17, 15) is 9.59 Å². The molecule has 1 aliphatic heterocycles. The molecule has 3 aromatic rings. The summed E-state index contributed by atoms with van der Waals surface area (Å²) < 4.78 is 11.9. The van der Waals surface area contributed by atoms with E-state index >= 15 is 0 Å². The van der Waals surface area contributed by atoms with Gasteiger partial charge in [0.05, 0.1) is 23.6 Å². The highest BCUT2D eigenvalue weighted by Crippen LogP contribution is 2.39. The number of fused-ring (bicyclic) bond motifs is 2. The molecule has 0 saturated carbocycles. The van der Waals surface area contributed by atoms with E-state index in [1.54, 1.807) is 4.90 Å². The summed E-state index contributed by atoms with van der Waals surface area (Å²) in [4.78, 5) is 31.1. The average molecular weight is 449 g/mol.